The molecule has 1 aliphatic rings. The van der Waals surface area contributed by atoms with Gasteiger partial charge in [0.2, 0.25) is 0 Å². The summed E-state index contributed by atoms with van der Waals surface area (Å²) in [6.07, 6.45) is 0. The molecule has 1 N–H and O–H groups in total. The van der Waals surface area contributed by atoms with Gasteiger partial charge in [0.05, 0.1) is 12.8 Å². The van der Waals surface area contributed by atoms with Crippen LogP contribution in [0.5, 0.6) is 5.75 Å². The van der Waals surface area contributed by atoms with Crippen molar-refractivity contribution in [1.82, 2.24) is 4.31 Å². The van der Waals surface area contributed by atoms with Gasteiger partial charge in [0.25, 0.3) is 10.0 Å². The maximum absolute atomic E-state index is 12.1. The number of benzene rings is 1. The molecule has 0 fully saturated rings. The lowest BCUT2D eigenvalue weighted by Gasteiger charge is -2.27. The molecule has 2 amide bonds. The van der Waals surface area contributed by atoms with Gasteiger partial charge in [-0.25, -0.2) is 17.5 Å². The molecule has 1 heterocycles. The Morgan fingerprint density at radius 3 is 2.71 bits per heavy atom. The van der Waals surface area contributed by atoms with Crippen LogP contribution < -0.4 is 10.1 Å². The maximum Gasteiger partial charge on any atom is 0.335 e. The van der Waals surface area contributed by atoms with Crippen LogP contribution in [-0.2, 0) is 10.0 Å². The number of amides is 2. The number of ether oxygens (including phenoxy) is 1. The van der Waals surface area contributed by atoms with E-state index in [4.69, 9.17) is 4.74 Å². The van der Waals surface area contributed by atoms with Crippen molar-refractivity contribution in [2.45, 2.75) is 11.8 Å². The van der Waals surface area contributed by atoms with Gasteiger partial charge in [-0.3, -0.25) is 0 Å². The zero-order valence-corrected chi connectivity index (χ0v) is 10.2. The van der Waals surface area contributed by atoms with E-state index in [1.165, 1.54) is 19.2 Å². The highest BCUT2D eigenvalue weighted by atomic mass is 32.2. The number of nitrogens with one attached hydrogen (secondary N) is 1. The van der Waals surface area contributed by atoms with Crippen LogP contribution in [0.15, 0.2) is 23.1 Å². The van der Waals surface area contributed by atoms with Crippen LogP contribution >= 0.6 is 0 Å². The SMILES string of the molecule is CCN1C(=O)Nc2ccc(OC)cc2S1(=O)=O. The Morgan fingerprint density at radius 2 is 2.12 bits per heavy atom. The predicted octanol–water partition coefficient (Wildman–Crippen LogP) is 1.25. The summed E-state index contributed by atoms with van der Waals surface area (Å²) in [5, 5.41) is 2.52. The molecule has 92 valence electrons. The number of hydrogen-bond acceptors (Lipinski definition) is 4. The highest BCUT2D eigenvalue weighted by Crippen LogP contribution is 2.32. The van der Waals surface area contributed by atoms with Crippen molar-refractivity contribution in [2.75, 3.05) is 19.0 Å². The molecule has 1 aromatic rings. The zero-order valence-electron chi connectivity index (χ0n) is 9.43. The number of nitrogens with zero attached hydrogens (tertiary/aromatic N) is 1. The molecule has 0 unspecified atom stereocenters. The summed E-state index contributed by atoms with van der Waals surface area (Å²) in [5.74, 6) is 0.430. The quantitative estimate of drug-likeness (QED) is 0.864. The molecular weight excluding hydrogens is 244 g/mol. The molecule has 1 aliphatic heterocycles. The Kier molecular flexibility index (Phi) is 2.70. The number of hydrogen-bond donors (Lipinski definition) is 1. The van der Waals surface area contributed by atoms with Gasteiger partial charge in [-0.1, -0.05) is 0 Å². The summed E-state index contributed by atoms with van der Waals surface area (Å²) >= 11 is 0. The smallest absolute Gasteiger partial charge is 0.335 e. The first kappa shape index (κ1) is 11.7. The number of carbonyl (C=O) groups is 1. The van der Waals surface area contributed by atoms with Gasteiger partial charge in [0, 0.05) is 12.6 Å². The van der Waals surface area contributed by atoms with E-state index < -0.39 is 16.1 Å². The molecule has 0 aromatic heterocycles. The molecule has 7 heteroatoms. The second-order valence-corrected chi connectivity index (χ2v) is 5.29. The molecule has 0 saturated heterocycles. The van der Waals surface area contributed by atoms with Gasteiger partial charge in [-0.2, -0.15) is 0 Å². The van der Waals surface area contributed by atoms with Gasteiger partial charge in [0.1, 0.15) is 10.6 Å². The monoisotopic (exact) mass is 256 g/mol. The molecule has 0 bridgehead atoms. The minimum Gasteiger partial charge on any atom is -0.497 e. The lowest BCUT2D eigenvalue weighted by Crippen LogP contribution is -2.43. The van der Waals surface area contributed by atoms with Crippen molar-refractivity contribution < 1.29 is 17.9 Å². The number of rotatable bonds is 2. The van der Waals surface area contributed by atoms with E-state index in [0.29, 0.717) is 5.75 Å². The standard InChI is InChI=1S/C10H12N2O4S/c1-3-12-10(13)11-8-5-4-7(16-2)6-9(8)17(12,14)15/h4-6H,3H2,1-2H3,(H,11,13). The van der Waals surface area contributed by atoms with E-state index in [1.807, 2.05) is 0 Å². The molecule has 2 rings (SSSR count). The van der Waals surface area contributed by atoms with E-state index in [2.05, 4.69) is 5.32 Å². The lowest BCUT2D eigenvalue weighted by molar-refractivity contribution is 0.236. The van der Waals surface area contributed by atoms with Crippen molar-refractivity contribution >= 4 is 21.7 Å². The van der Waals surface area contributed by atoms with Gasteiger partial charge < -0.3 is 10.1 Å². The molecule has 0 radical (unpaired) electrons. The van der Waals surface area contributed by atoms with Crippen LogP contribution in [0.3, 0.4) is 0 Å². The highest BCUT2D eigenvalue weighted by molar-refractivity contribution is 7.90. The maximum atomic E-state index is 12.1. The highest BCUT2D eigenvalue weighted by Gasteiger charge is 2.35. The number of urea groups is 1. The first-order valence-electron chi connectivity index (χ1n) is 5.02. The molecule has 17 heavy (non-hydrogen) atoms. The summed E-state index contributed by atoms with van der Waals surface area (Å²) in [6.45, 7) is 1.69. The largest absolute Gasteiger partial charge is 0.497 e. The number of carbonyl (C=O) groups excluding carboxylic acids is 1. The van der Waals surface area contributed by atoms with E-state index in [-0.39, 0.29) is 17.1 Å². The minimum absolute atomic E-state index is 0.0540. The van der Waals surface area contributed by atoms with Crippen molar-refractivity contribution in [3.8, 4) is 5.75 Å². The molecular formula is C10H12N2O4S. The Bertz CT molecular complexity index is 568. The van der Waals surface area contributed by atoms with Crippen molar-refractivity contribution in [3.63, 3.8) is 0 Å². The van der Waals surface area contributed by atoms with Gasteiger partial charge in [-0.05, 0) is 19.1 Å². The Balaban J connectivity index is 2.64. The van der Waals surface area contributed by atoms with Crippen LogP contribution in [0, 0.1) is 0 Å². The van der Waals surface area contributed by atoms with Crippen LogP contribution in [0.2, 0.25) is 0 Å². The lowest BCUT2D eigenvalue weighted by atomic mass is 10.3. The molecule has 0 atom stereocenters. The second-order valence-electron chi connectivity index (χ2n) is 3.46. The normalized spacial score (nSPS) is 17.3. The average Bonchev–Trinajstić information content (AvgIpc) is 2.28. The fraction of sp³-hybridized carbons (Fsp3) is 0.300. The van der Waals surface area contributed by atoms with E-state index in [1.54, 1.807) is 13.0 Å². The predicted molar refractivity (Wildman–Crippen MR) is 61.6 cm³/mol. The number of fused-ring (bicyclic) bond motifs is 1. The third-order valence-corrected chi connectivity index (χ3v) is 4.41. The Hall–Kier alpha value is -1.76. The summed E-state index contributed by atoms with van der Waals surface area (Å²) < 4.78 is 30.0. The van der Waals surface area contributed by atoms with Crippen LogP contribution in [0.4, 0.5) is 10.5 Å². The average molecular weight is 256 g/mol. The minimum atomic E-state index is -3.77. The molecule has 0 saturated carbocycles. The Labute approximate surface area is 99.2 Å². The third-order valence-electron chi connectivity index (χ3n) is 2.51. The molecule has 0 spiro atoms. The summed E-state index contributed by atoms with van der Waals surface area (Å²) in [4.78, 5) is 11.6. The first-order chi connectivity index (χ1) is 8.00. The topological polar surface area (TPSA) is 75.7 Å². The number of sulfonamides is 1. The third kappa shape index (κ3) is 1.72. The number of anilines is 1. The molecule has 0 aliphatic carbocycles. The van der Waals surface area contributed by atoms with Crippen molar-refractivity contribution in [1.29, 1.82) is 0 Å². The summed E-state index contributed by atoms with van der Waals surface area (Å²) in [7, 11) is -2.32. The van der Waals surface area contributed by atoms with E-state index >= 15 is 0 Å². The van der Waals surface area contributed by atoms with E-state index in [0.717, 1.165) is 4.31 Å². The summed E-state index contributed by atoms with van der Waals surface area (Å²) in [6, 6.07) is 3.87. The van der Waals surface area contributed by atoms with Crippen LogP contribution in [-0.4, -0.2) is 32.4 Å². The fourth-order valence-electron chi connectivity index (χ4n) is 1.67. The molecule has 6 nitrogen and oxygen atoms in total. The van der Waals surface area contributed by atoms with Gasteiger partial charge in [-0.15, -0.1) is 0 Å². The molecule has 1 aromatic carbocycles. The van der Waals surface area contributed by atoms with Gasteiger partial charge >= 0.3 is 6.03 Å². The van der Waals surface area contributed by atoms with E-state index in [9.17, 15) is 13.2 Å². The van der Waals surface area contributed by atoms with Crippen LogP contribution in [0.1, 0.15) is 6.92 Å². The first-order valence-corrected chi connectivity index (χ1v) is 6.46. The van der Waals surface area contributed by atoms with Gasteiger partial charge in [0.15, 0.2) is 0 Å². The fourth-order valence-corrected chi connectivity index (χ4v) is 3.17. The second kappa shape index (κ2) is 3.92. The van der Waals surface area contributed by atoms with Crippen molar-refractivity contribution in [3.05, 3.63) is 18.2 Å². The Morgan fingerprint density at radius 1 is 1.41 bits per heavy atom. The number of methoxy groups -OCH3 is 1. The zero-order chi connectivity index (χ0) is 12.6. The van der Waals surface area contributed by atoms with Crippen molar-refractivity contribution in [2.24, 2.45) is 0 Å². The van der Waals surface area contributed by atoms with Crippen LogP contribution in [0.25, 0.3) is 0 Å². The summed E-state index contributed by atoms with van der Waals surface area (Å²) in [5.41, 5.74) is 0.278.